The molecule has 126 valence electrons. The number of aryl methyl sites for hydroxylation is 2. The molecule has 23 heavy (non-hydrogen) atoms. The molecule has 1 fully saturated rings. The van der Waals surface area contributed by atoms with Crippen LogP contribution in [0.4, 0.5) is 0 Å². The summed E-state index contributed by atoms with van der Waals surface area (Å²) in [6.45, 7) is 5.36. The summed E-state index contributed by atoms with van der Waals surface area (Å²) >= 11 is 1.61. The smallest absolute Gasteiger partial charge is 0.0897 e. The molecule has 1 aliphatic heterocycles. The van der Waals surface area contributed by atoms with Gasteiger partial charge in [0.25, 0.3) is 0 Å². The molecule has 1 N–H and O–H groups in total. The van der Waals surface area contributed by atoms with Gasteiger partial charge in [-0.15, -0.1) is 11.3 Å². The highest BCUT2D eigenvalue weighted by atomic mass is 32.1. The Labute approximate surface area is 141 Å². The number of nitrogens with zero attached hydrogens (tertiary/aromatic N) is 3. The fourth-order valence-corrected chi connectivity index (χ4v) is 3.93. The van der Waals surface area contributed by atoms with Crippen molar-refractivity contribution in [2.75, 3.05) is 19.8 Å². The number of ether oxygens (including phenoxy) is 1. The Morgan fingerprint density at radius 2 is 2.39 bits per heavy atom. The molecule has 3 heterocycles. The van der Waals surface area contributed by atoms with E-state index in [4.69, 9.17) is 4.74 Å². The molecule has 0 spiro atoms. The Morgan fingerprint density at radius 1 is 1.52 bits per heavy atom. The first-order chi connectivity index (χ1) is 11.2. The van der Waals surface area contributed by atoms with E-state index in [1.807, 2.05) is 29.2 Å². The van der Waals surface area contributed by atoms with E-state index in [0.29, 0.717) is 13.0 Å². The maximum atomic E-state index is 10.5. The van der Waals surface area contributed by atoms with E-state index in [0.717, 1.165) is 36.7 Å². The van der Waals surface area contributed by atoms with E-state index in [9.17, 15) is 5.11 Å². The highest BCUT2D eigenvalue weighted by Gasteiger charge is 2.27. The van der Waals surface area contributed by atoms with Gasteiger partial charge in [-0.3, -0.25) is 9.58 Å². The molecule has 6 heteroatoms. The van der Waals surface area contributed by atoms with Gasteiger partial charge in [0.2, 0.25) is 0 Å². The molecule has 2 aromatic heterocycles. The number of hydrogen-bond acceptors (Lipinski definition) is 5. The number of aliphatic hydroxyl groups is 1. The molecule has 0 saturated carbocycles. The molecular weight excluding hydrogens is 310 g/mol. The summed E-state index contributed by atoms with van der Waals surface area (Å²) in [5, 5.41) is 17.0. The lowest BCUT2D eigenvalue weighted by molar-refractivity contribution is -0.0297. The van der Waals surface area contributed by atoms with Crippen LogP contribution in [-0.2, 0) is 24.8 Å². The summed E-state index contributed by atoms with van der Waals surface area (Å²) in [5.41, 5.74) is 2.45. The van der Waals surface area contributed by atoms with Gasteiger partial charge in [-0.1, -0.05) is 13.0 Å². The molecule has 2 unspecified atom stereocenters. The Hall–Kier alpha value is -1.21. The first-order valence-electron chi connectivity index (χ1n) is 8.22. The fraction of sp³-hybridized carbons (Fsp3) is 0.588. The van der Waals surface area contributed by atoms with Gasteiger partial charge in [-0.25, -0.2) is 0 Å². The molecule has 2 aromatic rings. The molecule has 3 rings (SSSR count). The van der Waals surface area contributed by atoms with Crippen LogP contribution in [0.5, 0.6) is 0 Å². The molecular formula is C17H25N3O2S. The molecule has 5 nitrogen and oxygen atoms in total. The van der Waals surface area contributed by atoms with Crippen molar-refractivity contribution in [2.45, 2.75) is 38.5 Å². The average molecular weight is 335 g/mol. The van der Waals surface area contributed by atoms with Crippen LogP contribution in [0.2, 0.25) is 0 Å². The van der Waals surface area contributed by atoms with Crippen molar-refractivity contribution in [1.29, 1.82) is 0 Å². The van der Waals surface area contributed by atoms with Crippen molar-refractivity contribution in [3.63, 3.8) is 0 Å². The van der Waals surface area contributed by atoms with Gasteiger partial charge in [0.05, 0.1) is 25.0 Å². The number of hydrogen-bond donors (Lipinski definition) is 1. The molecule has 0 amide bonds. The third kappa shape index (κ3) is 4.01. The highest BCUT2D eigenvalue weighted by Crippen LogP contribution is 2.27. The standard InChI is InChI=1S/C17H25N3O2S/c1-3-15-13(10-19(2)18-15)11-20-6-7-22-12-14(20)9-16(21)17-5-4-8-23-17/h4-5,8,10,14,16,21H,3,6-7,9,11-12H2,1-2H3. The van der Waals surface area contributed by atoms with Crippen molar-refractivity contribution in [2.24, 2.45) is 7.05 Å². The van der Waals surface area contributed by atoms with Crippen LogP contribution in [0.3, 0.4) is 0 Å². The van der Waals surface area contributed by atoms with Crippen molar-refractivity contribution < 1.29 is 9.84 Å². The van der Waals surface area contributed by atoms with Gasteiger partial charge in [-0.2, -0.15) is 5.10 Å². The zero-order valence-corrected chi connectivity index (χ0v) is 14.6. The minimum absolute atomic E-state index is 0.241. The van der Waals surface area contributed by atoms with Crippen LogP contribution < -0.4 is 0 Å². The Kier molecular flexibility index (Phi) is 5.48. The van der Waals surface area contributed by atoms with Crippen LogP contribution in [0.25, 0.3) is 0 Å². The summed E-state index contributed by atoms with van der Waals surface area (Å²) in [4.78, 5) is 3.46. The van der Waals surface area contributed by atoms with Crippen LogP contribution in [-0.4, -0.2) is 45.6 Å². The number of aliphatic hydroxyl groups excluding tert-OH is 1. The van der Waals surface area contributed by atoms with Gasteiger partial charge in [0.1, 0.15) is 0 Å². The second-order valence-corrected chi connectivity index (χ2v) is 7.07. The Morgan fingerprint density at radius 3 is 3.13 bits per heavy atom. The molecule has 1 aliphatic rings. The van der Waals surface area contributed by atoms with Gasteiger partial charge in [-0.05, 0) is 24.3 Å². The summed E-state index contributed by atoms with van der Waals surface area (Å²) < 4.78 is 7.55. The maximum Gasteiger partial charge on any atom is 0.0897 e. The second-order valence-electron chi connectivity index (χ2n) is 6.09. The largest absolute Gasteiger partial charge is 0.388 e. The average Bonchev–Trinajstić information content (AvgIpc) is 3.19. The lowest BCUT2D eigenvalue weighted by Crippen LogP contribution is -2.45. The molecule has 0 radical (unpaired) electrons. The van der Waals surface area contributed by atoms with Gasteiger partial charge in [0, 0.05) is 42.8 Å². The maximum absolute atomic E-state index is 10.5. The van der Waals surface area contributed by atoms with Crippen LogP contribution >= 0.6 is 11.3 Å². The van der Waals surface area contributed by atoms with Crippen molar-refractivity contribution >= 4 is 11.3 Å². The lowest BCUT2D eigenvalue weighted by Gasteiger charge is -2.36. The van der Waals surface area contributed by atoms with E-state index in [2.05, 4.69) is 23.1 Å². The fourth-order valence-electron chi connectivity index (χ4n) is 3.20. The highest BCUT2D eigenvalue weighted by molar-refractivity contribution is 7.10. The summed E-state index contributed by atoms with van der Waals surface area (Å²) in [5.74, 6) is 0. The molecule has 2 atom stereocenters. The van der Waals surface area contributed by atoms with Gasteiger partial charge in [0.15, 0.2) is 0 Å². The normalized spacial score (nSPS) is 20.7. The van der Waals surface area contributed by atoms with Crippen molar-refractivity contribution in [3.8, 4) is 0 Å². The Bertz CT molecular complexity index is 611. The first kappa shape index (κ1) is 16.6. The van der Waals surface area contributed by atoms with Gasteiger partial charge < -0.3 is 9.84 Å². The molecule has 1 saturated heterocycles. The topological polar surface area (TPSA) is 50.5 Å². The van der Waals surface area contributed by atoms with Crippen molar-refractivity contribution in [3.05, 3.63) is 39.8 Å². The van der Waals surface area contributed by atoms with Crippen LogP contribution in [0, 0.1) is 0 Å². The molecule has 0 aliphatic carbocycles. The van der Waals surface area contributed by atoms with Crippen molar-refractivity contribution in [1.82, 2.24) is 14.7 Å². The summed E-state index contributed by atoms with van der Waals surface area (Å²) in [6.07, 6.45) is 3.36. The number of rotatable bonds is 6. The van der Waals surface area contributed by atoms with E-state index in [1.165, 1.54) is 5.56 Å². The van der Waals surface area contributed by atoms with Crippen LogP contribution in [0.15, 0.2) is 23.7 Å². The monoisotopic (exact) mass is 335 g/mol. The summed E-state index contributed by atoms with van der Waals surface area (Å²) in [7, 11) is 1.97. The third-order valence-electron chi connectivity index (χ3n) is 4.42. The first-order valence-corrected chi connectivity index (χ1v) is 9.10. The number of thiophene rings is 1. The van der Waals surface area contributed by atoms with Gasteiger partial charge >= 0.3 is 0 Å². The number of morpholine rings is 1. The minimum Gasteiger partial charge on any atom is -0.388 e. The molecule has 0 bridgehead atoms. The lowest BCUT2D eigenvalue weighted by atomic mass is 10.0. The van der Waals surface area contributed by atoms with E-state index < -0.39 is 6.10 Å². The predicted octanol–water partition coefficient (Wildman–Crippen LogP) is 2.37. The zero-order valence-electron chi connectivity index (χ0n) is 13.8. The molecule has 0 aromatic carbocycles. The quantitative estimate of drug-likeness (QED) is 0.880. The Balaban J connectivity index is 1.68. The van der Waals surface area contributed by atoms with Crippen LogP contribution in [0.1, 0.15) is 35.6 Å². The van der Waals surface area contributed by atoms with E-state index in [-0.39, 0.29) is 6.04 Å². The van der Waals surface area contributed by atoms with E-state index in [1.54, 1.807) is 11.3 Å². The predicted molar refractivity (Wildman–Crippen MR) is 91.5 cm³/mol. The SMILES string of the molecule is CCc1nn(C)cc1CN1CCOCC1CC(O)c1cccs1. The summed E-state index contributed by atoms with van der Waals surface area (Å²) in [6, 6.07) is 4.23. The zero-order chi connectivity index (χ0) is 16.2. The van der Waals surface area contributed by atoms with E-state index >= 15 is 0 Å². The second kappa shape index (κ2) is 7.57. The minimum atomic E-state index is -0.413. The third-order valence-corrected chi connectivity index (χ3v) is 5.39. The number of aromatic nitrogens is 2.